The molecule has 2 rings (SSSR count). The number of H-pyrrole nitrogens is 1. The van der Waals surface area contributed by atoms with Gasteiger partial charge in [0.25, 0.3) is 0 Å². The lowest BCUT2D eigenvalue weighted by Crippen LogP contribution is -2.27. The Kier molecular flexibility index (Phi) is 4.84. The quantitative estimate of drug-likeness (QED) is 0.837. The van der Waals surface area contributed by atoms with Gasteiger partial charge in [0.15, 0.2) is 5.82 Å². The number of nitrogens with zero attached hydrogens (tertiary/aromatic N) is 8. The predicted molar refractivity (Wildman–Crippen MR) is 84.1 cm³/mol. The van der Waals surface area contributed by atoms with Gasteiger partial charge in [0.05, 0.1) is 0 Å². The van der Waals surface area contributed by atoms with Crippen molar-refractivity contribution in [3.05, 3.63) is 11.6 Å². The maximum Gasteiger partial charge on any atom is 0.230 e. The second-order valence-electron chi connectivity index (χ2n) is 5.89. The van der Waals surface area contributed by atoms with Crippen LogP contribution >= 0.6 is 0 Å². The Balaban J connectivity index is 2.22. The Hall–Kier alpha value is -2.32. The first-order valence-electron chi connectivity index (χ1n) is 7.26. The number of nitrogens with one attached hydrogen (secondary N) is 1. The van der Waals surface area contributed by atoms with Crippen LogP contribution in [0.1, 0.15) is 44.3 Å². The first kappa shape index (κ1) is 16.1. The largest absolute Gasteiger partial charge is 0.347 e. The van der Waals surface area contributed by atoms with E-state index in [-0.39, 0.29) is 11.8 Å². The van der Waals surface area contributed by atoms with E-state index in [0.717, 1.165) is 5.82 Å². The Morgan fingerprint density at radius 1 is 0.955 bits per heavy atom. The molecule has 0 spiro atoms. The monoisotopic (exact) mass is 305 g/mol. The van der Waals surface area contributed by atoms with Crippen LogP contribution in [-0.4, -0.2) is 63.3 Å². The first-order chi connectivity index (χ1) is 10.4. The van der Waals surface area contributed by atoms with Gasteiger partial charge in [0.2, 0.25) is 11.9 Å². The van der Waals surface area contributed by atoms with Crippen molar-refractivity contribution >= 4 is 11.9 Å². The van der Waals surface area contributed by atoms with Crippen LogP contribution < -0.4 is 9.80 Å². The lowest BCUT2D eigenvalue weighted by Gasteiger charge is -2.22. The molecule has 0 radical (unpaired) electrons. The van der Waals surface area contributed by atoms with Gasteiger partial charge in [-0.15, -0.1) is 10.2 Å². The molecule has 9 nitrogen and oxygen atoms in total. The highest BCUT2D eigenvalue weighted by Gasteiger charge is 2.18. The van der Waals surface area contributed by atoms with Gasteiger partial charge in [-0.1, -0.05) is 26.0 Å². The highest BCUT2D eigenvalue weighted by Crippen LogP contribution is 2.19. The van der Waals surface area contributed by atoms with Crippen molar-refractivity contribution in [3.8, 4) is 0 Å². The Bertz CT molecular complexity index is 567. The second-order valence-corrected chi connectivity index (χ2v) is 5.89. The molecule has 1 atom stereocenters. The van der Waals surface area contributed by atoms with Gasteiger partial charge < -0.3 is 9.80 Å². The van der Waals surface area contributed by atoms with Crippen LogP contribution in [-0.2, 0) is 0 Å². The Morgan fingerprint density at radius 3 is 2.18 bits per heavy atom. The standard InChI is InChI=1S/C13H23N9/c1-8(2)10-14-12(21(4)5)16-13(15-10)22(6)7-9(3)11-17-19-20-18-11/h8-9H,7H2,1-6H3,(H,17,18,19,20). The van der Waals surface area contributed by atoms with E-state index in [4.69, 9.17) is 0 Å². The van der Waals surface area contributed by atoms with Gasteiger partial charge in [-0.05, 0) is 0 Å². The van der Waals surface area contributed by atoms with E-state index in [2.05, 4.69) is 49.4 Å². The summed E-state index contributed by atoms with van der Waals surface area (Å²) in [5, 5.41) is 14.1. The zero-order valence-corrected chi connectivity index (χ0v) is 13.9. The van der Waals surface area contributed by atoms with E-state index in [1.54, 1.807) is 0 Å². The van der Waals surface area contributed by atoms with Crippen LogP contribution in [0.4, 0.5) is 11.9 Å². The Morgan fingerprint density at radius 2 is 1.64 bits per heavy atom. The molecule has 0 bridgehead atoms. The summed E-state index contributed by atoms with van der Waals surface area (Å²) in [7, 11) is 5.80. The summed E-state index contributed by atoms with van der Waals surface area (Å²) in [6.45, 7) is 6.87. The summed E-state index contributed by atoms with van der Waals surface area (Å²) in [5.74, 6) is 3.13. The molecule has 120 valence electrons. The number of hydrogen-bond donors (Lipinski definition) is 1. The number of aromatic amines is 1. The van der Waals surface area contributed by atoms with Crippen LogP contribution in [0.25, 0.3) is 0 Å². The predicted octanol–water partition coefficient (Wildman–Crippen LogP) is 0.814. The molecule has 2 aromatic heterocycles. The summed E-state index contributed by atoms with van der Waals surface area (Å²) in [6, 6.07) is 0. The van der Waals surface area contributed by atoms with Crippen molar-refractivity contribution in [3.63, 3.8) is 0 Å². The van der Waals surface area contributed by atoms with E-state index in [1.165, 1.54) is 0 Å². The highest BCUT2D eigenvalue weighted by atomic mass is 15.5. The molecule has 0 amide bonds. The summed E-state index contributed by atoms with van der Waals surface area (Å²) in [5.41, 5.74) is 0. The molecule has 1 N–H and O–H groups in total. The van der Waals surface area contributed by atoms with Crippen LogP contribution in [0, 0.1) is 0 Å². The van der Waals surface area contributed by atoms with E-state index in [9.17, 15) is 0 Å². The second kappa shape index (κ2) is 6.63. The average Bonchev–Trinajstić information content (AvgIpc) is 3.00. The number of aromatic nitrogens is 7. The molecule has 0 saturated carbocycles. The third-order valence-electron chi connectivity index (χ3n) is 3.24. The van der Waals surface area contributed by atoms with Crippen molar-refractivity contribution < 1.29 is 0 Å². The van der Waals surface area contributed by atoms with Gasteiger partial charge >= 0.3 is 0 Å². The number of hydrogen-bond acceptors (Lipinski definition) is 8. The van der Waals surface area contributed by atoms with E-state index in [1.807, 2.05) is 37.9 Å². The average molecular weight is 305 g/mol. The van der Waals surface area contributed by atoms with Crippen LogP contribution in [0.3, 0.4) is 0 Å². The molecule has 0 aromatic carbocycles. The van der Waals surface area contributed by atoms with Gasteiger partial charge in [-0.3, -0.25) is 0 Å². The lowest BCUT2D eigenvalue weighted by molar-refractivity contribution is 0.666. The normalized spacial score (nSPS) is 12.5. The fourth-order valence-corrected chi connectivity index (χ4v) is 1.95. The first-order valence-corrected chi connectivity index (χ1v) is 7.26. The van der Waals surface area contributed by atoms with Crippen molar-refractivity contribution in [2.45, 2.75) is 32.6 Å². The summed E-state index contributed by atoms with van der Waals surface area (Å²) < 4.78 is 0. The molecule has 0 fully saturated rings. The minimum absolute atomic E-state index is 0.117. The molecule has 1 unspecified atom stereocenters. The van der Waals surface area contributed by atoms with Crippen molar-refractivity contribution in [1.29, 1.82) is 0 Å². The van der Waals surface area contributed by atoms with Gasteiger partial charge in [-0.2, -0.15) is 20.2 Å². The minimum atomic E-state index is 0.117. The lowest BCUT2D eigenvalue weighted by atomic mass is 10.1. The molecule has 2 aromatic rings. The maximum atomic E-state index is 4.56. The zero-order chi connectivity index (χ0) is 16.3. The van der Waals surface area contributed by atoms with Crippen LogP contribution in [0.2, 0.25) is 0 Å². The molecular formula is C13H23N9. The molecular weight excluding hydrogens is 282 g/mol. The van der Waals surface area contributed by atoms with Gasteiger partial charge in [0.1, 0.15) is 5.82 Å². The Labute approximate surface area is 130 Å². The van der Waals surface area contributed by atoms with Crippen LogP contribution in [0.15, 0.2) is 0 Å². The minimum Gasteiger partial charge on any atom is -0.347 e. The third kappa shape index (κ3) is 3.66. The van der Waals surface area contributed by atoms with Crippen molar-refractivity contribution in [1.82, 2.24) is 35.6 Å². The highest BCUT2D eigenvalue weighted by molar-refractivity contribution is 5.38. The van der Waals surface area contributed by atoms with Gasteiger partial charge in [0, 0.05) is 39.5 Å². The third-order valence-corrected chi connectivity index (χ3v) is 3.24. The SMILES string of the molecule is CC(C)c1nc(N(C)C)nc(N(C)CC(C)c2nn[nH]n2)n1. The van der Waals surface area contributed by atoms with E-state index in [0.29, 0.717) is 24.3 Å². The summed E-state index contributed by atoms with van der Waals surface area (Å²) in [6.07, 6.45) is 0. The van der Waals surface area contributed by atoms with Crippen molar-refractivity contribution in [2.75, 3.05) is 37.5 Å². The molecule has 22 heavy (non-hydrogen) atoms. The molecule has 2 heterocycles. The summed E-state index contributed by atoms with van der Waals surface area (Å²) >= 11 is 0. The molecule has 0 aliphatic heterocycles. The number of tetrazole rings is 1. The molecule has 0 aliphatic carbocycles. The molecule has 9 heteroatoms. The van der Waals surface area contributed by atoms with Gasteiger partial charge in [-0.25, -0.2) is 0 Å². The van der Waals surface area contributed by atoms with E-state index >= 15 is 0 Å². The summed E-state index contributed by atoms with van der Waals surface area (Å²) in [4.78, 5) is 17.4. The number of anilines is 2. The van der Waals surface area contributed by atoms with E-state index < -0.39 is 0 Å². The molecule has 0 aliphatic rings. The molecule has 0 saturated heterocycles. The smallest absolute Gasteiger partial charge is 0.230 e. The fourth-order valence-electron chi connectivity index (χ4n) is 1.95. The number of rotatable bonds is 6. The zero-order valence-electron chi connectivity index (χ0n) is 13.9. The fraction of sp³-hybridized carbons (Fsp3) is 0.692. The van der Waals surface area contributed by atoms with Crippen molar-refractivity contribution in [2.24, 2.45) is 0 Å². The maximum absolute atomic E-state index is 4.56. The van der Waals surface area contributed by atoms with Crippen LogP contribution in [0.5, 0.6) is 0 Å². The topological polar surface area (TPSA) is 99.6 Å². The number of likely N-dealkylation sites (N-methyl/N-ethyl adjacent to an activating group) is 1.